The molecule has 5 nitrogen and oxygen atoms in total. The van der Waals surface area contributed by atoms with Crippen LogP contribution in [0.2, 0.25) is 0 Å². The molecule has 106 valence electrons. The van der Waals surface area contributed by atoms with E-state index < -0.39 is 11.4 Å². The summed E-state index contributed by atoms with van der Waals surface area (Å²) in [5, 5.41) is 11.8. The third kappa shape index (κ3) is 2.24. The largest absolute Gasteiger partial charge is 0.493 e. The van der Waals surface area contributed by atoms with Gasteiger partial charge in [-0.25, -0.2) is 0 Å². The van der Waals surface area contributed by atoms with Crippen molar-refractivity contribution < 1.29 is 19.4 Å². The summed E-state index contributed by atoms with van der Waals surface area (Å²) in [7, 11) is 0. The van der Waals surface area contributed by atoms with E-state index in [1.807, 2.05) is 12.1 Å². The van der Waals surface area contributed by atoms with E-state index in [1.54, 1.807) is 0 Å². The molecular formula is C15H17NO4. The van der Waals surface area contributed by atoms with E-state index in [0.717, 1.165) is 24.3 Å². The van der Waals surface area contributed by atoms with Crippen molar-refractivity contribution in [3.05, 3.63) is 29.3 Å². The molecule has 1 saturated carbocycles. The highest BCUT2D eigenvalue weighted by Crippen LogP contribution is 2.46. The quantitative estimate of drug-likeness (QED) is 0.790. The number of hydrogen-bond acceptors (Lipinski definition) is 3. The van der Waals surface area contributed by atoms with E-state index in [0.29, 0.717) is 25.8 Å². The number of benzene rings is 1. The molecule has 0 atom stereocenters. The second-order valence-corrected chi connectivity index (χ2v) is 5.43. The molecule has 1 aromatic rings. The van der Waals surface area contributed by atoms with Crippen LogP contribution in [0.15, 0.2) is 18.2 Å². The number of hydrogen-bond donors (Lipinski definition) is 2. The normalized spacial score (nSPS) is 18.0. The molecule has 0 unspecified atom stereocenters. The van der Waals surface area contributed by atoms with Crippen LogP contribution in [-0.2, 0) is 22.4 Å². The molecule has 1 aliphatic heterocycles. The highest BCUT2D eigenvalue weighted by atomic mass is 16.5. The number of carboxylic acid groups (broad SMARTS) is 1. The van der Waals surface area contributed by atoms with Crippen molar-refractivity contribution in [2.45, 2.75) is 25.7 Å². The summed E-state index contributed by atoms with van der Waals surface area (Å²) in [4.78, 5) is 22.8. The van der Waals surface area contributed by atoms with Gasteiger partial charge in [0.05, 0.1) is 6.61 Å². The van der Waals surface area contributed by atoms with Gasteiger partial charge in [-0.15, -0.1) is 0 Å². The number of carboxylic acids is 1. The van der Waals surface area contributed by atoms with E-state index in [2.05, 4.69) is 11.4 Å². The molecule has 1 aromatic carbocycles. The Morgan fingerprint density at radius 2 is 2.15 bits per heavy atom. The number of nitrogens with one attached hydrogen (secondary N) is 1. The summed E-state index contributed by atoms with van der Waals surface area (Å²) in [6.45, 7) is 1.20. The van der Waals surface area contributed by atoms with Crippen molar-refractivity contribution in [1.29, 1.82) is 0 Å². The Bertz CT molecular complexity index is 563. The fraction of sp³-hybridized carbons (Fsp3) is 0.467. The maximum atomic E-state index is 11.8. The van der Waals surface area contributed by atoms with Gasteiger partial charge in [-0.1, -0.05) is 12.1 Å². The second kappa shape index (κ2) is 4.81. The lowest BCUT2D eigenvalue weighted by molar-refractivity contribution is -0.149. The zero-order chi connectivity index (χ0) is 14.2. The monoisotopic (exact) mass is 275 g/mol. The van der Waals surface area contributed by atoms with Crippen LogP contribution in [0, 0.1) is 5.41 Å². The van der Waals surface area contributed by atoms with Crippen LogP contribution in [0.5, 0.6) is 5.75 Å². The molecule has 0 bridgehead atoms. The van der Waals surface area contributed by atoms with Crippen molar-refractivity contribution in [2.24, 2.45) is 5.41 Å². The Kier molecular flexibility index (Phi) is 3.12. The number of aliphatic carboxylic acids is 1. The first-order valence-corrected chi connectivity index (χ1v) is 6.88. The van der Waals surface area contributed by atoms with Gasteiger partial charge in [0.2, 0.25) is 5.91 Å². The molecule has 20 heavy (non-hydrogen) atoms. The molecule has 1 heterocycles. The maximum absolute atomic E-state index is 11.8. The topological polar surface area (TPSA) is 75.6 Å². The molecule has 0 aromatic heterocycles. The van der Waals surface area contributed by atoms with Crippen molar-refractivity contribution >= 4 is 11.9 Å². The molecular weight excluding hydrogens is 258 g/mol. The van der Waals surface area contributed by atoms with Gasteiger partial charge in [-0.05, 0) is 36.5 Å². The number of ether oxygens (including phenoxy) is 1. The minimum Gasteiger partial charge on any atom is -0.493 e. The third-order valence-electron chi connectivity index (χ3n) is 4.05. The van der Waals surface area contributed by atoms with Gasteiger partial charge < -0.3 is 15.2 Å². The van der Waals surface area contributed by atoms with Crippen LogP contribution in [0.3, 0.4) is 0 Å². The first-order valence-electron chi connectivity index (χ1n) is 6.88. The number of rotatable bonds is 5. The van der Waals surface area contributed by atoms with Crippen LogP contribution in [0.4, 0.5) is 0 Å². The van der Waals surface area contributed by atoms with Crippen LogP contribution in [0.25, 0.3) is 0 Å². The first kappa shape index (κ1) is 13.0. The van der Waals surface area contributed by atoms with Crippen molar-refractivity contribution in [3.63, 3.8) is 0 Å². The summed E-state index contributed by atoms with van der Waals surface area (Å²) in [5.74, 6) is -0.417. The summed E-state index contributed by atoms with van der Waals surface area (Å²) in [6.07, 6.45) is 2.53. The minimum atomic E-state index is -1.15. The lowest BCUT2D eigenvalue weighted by atomic mass is 10.1. The number of carbonyl (C=O) groups is 2. The highest BCUT2D eigenvalue weighted by molar-refractivity contribution is 6.04. The minimum absolute atomic E-state index is 0.352. The van der Waals surface area contributed by atoms with E-state index >= 15 is 0 Å². The predicted molar refractivity (Wildman–Crippen MR) is 71.7 cm³/mol. The van der Waals surface area contributed by atoms with Gasteiger partial charge in [-0.3, -0.25) is 9.59 Å². The molecule has 2 N–H and O–H groups in total. The lowest BCUT2D eigenvalue weighted by Crippen LogP contribution is -2.37. The van der Waals surface area contributed by atoms with Crippen molar-refractivity contribution in [1.82, 2.24) is 5.32 Å². The molecule has 5 heteroatoms. The highest BCUT2D eigenvalue weighted by Gasteiger charge is 2.56. The van der Waals surface area contributed by atoms with Crippen LogP contribution < -0.4 is 10.1 Å². The zero-order valence-corrected chi connectivity index (χ0v) is 11.1. The van der Waals surface area contributed by atoms with Gasteiger partial charge in [0, 0.05) is 13.0 Å². The number of carbonyl (C=O) groups excluding carboxylic acids is 1. The van der Waals surface area contributed by atoms with Gasteiger partial charge in [0.1, 0.15) is 11.2 Å². The Hall–Kier alpha value is -2.04. The molecule has 3 rings (SSSR count). The molecule has 2 aliphatic rings. The summed E-state index contributed by atoms with van der Waals surface area (Å²) < 4.78 is 5.44. The molecule has 1 fully saturated rings. The number of fused-ring (bicyclic) bond motifs is 1. The van der Waals surface area contributed by atoms with Gasteiger partial charge in [0.15, 0.2) is 0 Å². The van der Waals surface area contributed by atoms with Gasteiger partial charge in [0.25, 0.3) is 0 Å². The van der Waals surface area contributed by atoms with E-state index in [1.165, 1.54) is 5.56 Å². The third-order valence-corrected chi connectivity index (χ3v) is 4.05. The molecule has 0 saturated heterocycles. The standard InChI is InChI=1S/C15H17NO4/c17-13(15(5-6-15)14(18)19)16-7-3-10-1-2-12-11(9-10)4-8-20-12/h1-2,9H,3-8H2,(H,16,17)(H,18,19). The molecule has 0 radical (unpaired) electrons. The van der Waals surface area contributed by atoms with E-state index in [9.17, 15) is 9.59 Å². The maximum Gasteiger partial charge on any atom is 0.319 e. The fourth-order valence-corrected chi connectivity index (χ4v) is 2.55. The predicted octanol–water partition coefficient (Wildman–Crippen LogP) is 1.14. The Balaban J connectivity index is 1.53. The second-order valence-electron chi connectivity index (χ2n) is 5.43. The van der Waals surface area contributed by atoms with Crippen molar-refractivity contribution in [2.75, 3.05) is 13.2 Å². The Morgan fingerprint density at radius 1 is 1.35 bits per heavy atom. The summed E-state index contributed by atoms with van der Waals surface area (Å²) in [6, 6.07) is 6.04. The smallest absolute Gasteiger partial charge is 0.319 e. The number of amides is 1. The first-order chi connectivity index (χ1) is 9.62. The van der Waals surface area contributed by atoms with Gasteiger partial charge >= 0.3 is 5.97 Å². The molecule has 1 aliphatic carbocycles. The Morgan fingerprint density at radius 3 is 2.85 bits per heavy atom. The van der Waals surface area contributed by atoms with Crippen LogP contribution in [-0.4, -0.2) is 30.1 Å². The average Bonchev–Trinajstić information content (AvgIpc) is 3.12. The van der Waals surface area contributed by atoms with Crippen LogP contribution in [0.1, 0.15) is 24.0 Å². The summed E-state index contributed by atoms with van der Waals surface area (Å²) >= 11 is 0. The fourth-order valence-electron chi connectivity index (χ4n) is 2.55. The average molecular weight is 275 g/mol. The van der Waals surface area contributed by atoms with Crippen molar-refractivity contribution in [3.8, 4) is 5.75 Å². The lowest BCUT2D eigenvalue weighted by Gasteiger charge is -2.11. The molecule has 0 spiro atoms. The Labute approximate surface area is 116 Å². The van der Waals surface area contributed by atoms with E-state index in [4.69, 9.17) is 9.84 Å². The van der Waals surface area contributed by atoms with E-state index in [-0.39, 0.29) is 5.91 Å². The zero-order valence-electron chi connectivity index (χ0n) is 11.1. The van der Waals surface area contributed by atoms with Gasteiger partial charge in [-0.2, -0.15) is 0 Å². The SMILES string of the molecule is O=C(O)C1(C(=O)NCCc2ccc3c(c2)CCO3)CC1. The molecule has 1 amide bonds. The summed E-state index contributed by atoms with van der Waals surface area (Å²) in [5.41, 5.74) is 1.19. The van der Waals surface area contributed by atoms with Crippen LogP contribution >= 0.6 is 0 Å².